The van der Waals surface area contributed by atoms with Crippen LogP contribution in [0.15, 0.2) is 24.3 Å². The third kappa shape index (κ3) is 27.3. The van der Waals surface area contributed by atoms with Crippen LogP contribution < -0.4 is 25.8 Å². The highest BCUT2D eigenvalue weighted by molar-refractivity contribution is 5.86. The van der Waals surface area contributed by atoms with Gasteiger partial charge in [0, 0.05) is 118 Å². The second-order valence-electron chi connectivity index (χ2n) is 21.6. The first-order chi connectivity index (χ1) is 40.0. The average Bonchev–Trinajstić information content (AvgIpc) is 3.51. The van der Waals surface area contributed by atoms with Crippen LogP contribution in [-0.2, 0) is 46.4 Å². The lowest BCUT2D eigenvalue weighted by Gasteiger charge is -2.37. The van der Waals surface area contributed by atoms with Crippen LogP contribution in [0.5, 0.6) is 0 Å². The number of hydrogen-bond acceptors (Lipinski definition) is 18. The van der Waals surface area contributed by atoms with Gasteiger partial charge in [-0.1, -0.05) is 62.8 Å². The van der Waals surface area contributed by atoms with Crippen molar-refractivity contribution in [2.24, 2.45) is 0 Å². The van der Waals surface area contributed by atoms with Gasteiger partial charge in [-0.15, -0.1) is 0 Å². The van der Waals surface area contributed by atoms with Crippen molar-refractivity contribution in [1.29, 1.82) is 0 Å². The van der Waals surface area contributed by atoms with Crippen molar-refractivity contribution in [2.75, 3.05) is 129 Å². The van der Waals surface area contributed by atoms with Gasteiger partial charge in [0.2, 0.25) is 17.8 Å². The zero-order chi connectivity index (χ0) is 61.6. The first kappa shape index (κ1) is 69.0. The molecule has 0 aliphatic carbocycles. The van der Waals surface area contributed by atoms with Gasteiger partial charge in [0.05, 0.1) is 19.6 Å². The predicted molar refractivity (Wildman–Crippen MR) is 306 cm³/mol. The molecule has 2 aromatic rings. The number of nitrogens with zero attached hydrogens (tertiary/aromatic N) is 10. The number of piperazine rings is 1. The molecule has 3 atom stereocenters. The lowest BCUT2D eigenvalue weighted by atomic mass is 10.0. The van der Waals surface area contributed by atoms with Crippen molar-refractivity contribution >= 4 is 65.7 Å². The van der Waals surface area contributed by atoms with Crippen molar-refractivity contribution in [2.45, 2.75) is 121 Å². The number of anilines is 2. The van der Waals surface area contributed by atoms with Crippen LogP contribution in [0, 0.1) is 0 Å². The number of urea groups is 1. The van der Waals surface area contributed by atoms with E-state index in [0.717, 1.165) is 100 Å². The number of rotatable bonds is 35. The number of nitrogens with one attached hydrogen (secondary N) is 3. The molecule has 2 aliphatic rings. The van der Waals surface area contributed by atoms with Gasteiger partial charge in [0.15, 0.2) is 0 Å². The molecule has 3 heterocycles. The van der Waals surface area contributed by atoms with Crippen LogP contribution in [0.2, 0.25) is 0 Å². The number of benzene rings is 1. The van der Waals surface area contributed by atoms with E-state index in [2.05, 4.69) is 25.8 Å². The molecule has 0 radical (unpaired) electrons. The average molecular weight is 1190 g/mol. The maximum atomic E-state index is 12.3. The Morgan fingerprint density at radius 1 is 0.560 bits per heavy atom. The lowest BCUT2D eigenvalue weighted by molar-refractivity contribution is -0.141. The smallest absolute Gasteiger partial charge is 0.407 e. The zero-order valence-electron chi connectivity index (χ0n) is 48.4. The minimum absolute atomic E-state index is 0.00305. The van der Waals surface area contributed by atoms with E-state index in [0.29, 0.717) is 56.4 Å². The summed E-state index contributed by atoms with van der Waals surface area (Å²) < 4.78 is 0. The summed E-state index contributed by atoms with van der Waals surface area (Å²) in [5, 5.41) is 73.9. The molecular formula is C55H87N13O16. The Morgan fingerprint density at radius 2 is 1.11 bits per heavy atom. The van der Waals surface area contributed by atoms with Gasteiger partial charge in [-0.05, 0) is 62.6 Å². The topological polar surface area (TPSA) is 393 Å². The molecule has 2 aliphatic heterocycles. The molecule has 2 fully saturated rings. The number of carboxylic acid groups (broad SMARTS) is 7. The number of carbonyl (C=O) groups excluding carboxylic acids is 2. The van der Waals surface area contributed by atoms with Gasteiger partial charge >= 0.3 is 47.9 Å². The molecule has 0 saturated carbocycles. The largest absolute Gasteiger partial charge is 0.481 e. The lowest BCUT2D eigenvalue weighted by Crippen LogP contribution is -2.53. The molecule has 1 unspecified atom stereocenters. The molecule has 4 amide bonds. The Hall–Kier alpha value is -7.50. The number of carboxylic acids is 6. The molecule has 10 N–H and O–H groups in total. The second kappa shape index (κ2) is 36.9. The third-order valence-corrected chi connectivity index (χ3v) is 14.7. The summed E-state index contributed by atoms with van der Waals surface area (Å²) in [5.41, 5.74) is 1.78. The van der Waals surface area contributed by atoms with Crippen LogP contribution in [0.1, 0.15) is 107 Å². The fraction of sp³-hybridized carbons (Fsp3) is 0.673. The van der Waals surface area contributed by atoms with E-state index in [9.17, 15) is 73.8 Å². The summed E-state index contributed by atoms with van der Waals surface area (Å²) in [5.74, 6) is -5.64. The molecule has 29 nitrogen and oxygen atoms in total. The summed E-state index contributed by atoms with van der Waals surface area (Å²) in [6, 6.07) is 3.45. The van der Waals surface area contributed by atoms with E-state index in [4.69, 9.17) is 20.1 Å². The molecular weight excluding hydrogens is 1100 g/mol. The van der Waals surface area contributed by atoms with Crippen molar-refractivity contribution < 1.29 is 78.9 Å². The van der Waals surface area contributed by atoms with Crippen LogP contribution in [0.25, 0.3) is 0 Å². The summed E-state index contributed by atoms with van der Waals surface area (Å²) in [7, 11) is 3.76. The predicted octanol–water partition coefficient (Wildman–Crippen LogP) is 1.58. The fourth-order valence-electron chi connectivity index (χ4n) is 10.0. The van der Waals surface area contributed by atoms with E-state index in [1.807, 2.05) is 43.3 Å². The van der Waals surface area contributed by atoms with Gasteiger partial charge < -0.3 is 66.4 Å². The summed E-state index contributed by atoms with van der Waals surface area (Å²) >= 11 is 0. The Labute approximate surface area is 489 Å². The van der Waals surface area contributed by atoms with Crippen LogP contribution in [0.4, 0.5) is 21.5 Å². The highest BCUT2D eigenvalue weighted by Gasteiger charge is 2.29. The van der Waals surface area contributed by atoms with Crippen molar-refractivity contribution in [1.82, 2.24) is 55.4 Å². The Morgan fingerprint density at radius 3 is 1.69 bits per heavy atom. The molecule has 2 saturated heterocycles. The highest BCUT2D eigenvalue weighted by Crippen LogP contribution is 2.20. The fourth-order valence-corrected chi connectivity index (χ4v) is 10.0. The number of aromatic nitrogens is 3. The van der Waals surface area contributed by atoms with E-state index >= 15 is 0 Å². The number of hydrogen-bond donors (Lipinski definition) is 10. The summed E-state index contributed by atoms with van der Waals surface area (Å²) in [6.07, 6.45) is 8.29. The molecule has 1 aromatic carbocycles. The summed E-state index contributed by atoms with van der Waals surface area (Å²) in [4.78, 5) is 133. The molecule has 0 bridgehead atoms. The van der Waals surface area contributed by atoms with E-state index in [1.165, 1.54) is 0 Å². The maximum absolute atomic E-state index is 12.3. The SMILES string of the molecule is CN(C)c1nc(Cc2ccc(CC3CN(CC(=O)O)CCN(C(=O)O)CCN(CC(=O)O)CCN3CC(=O)O)cc2)nc(N2CCN(CCCCCCCCCCC(=O)NCCCC[C@H](NC(=O)N[C@@H](CCC(=O)O)C(=O)O)C(=O)O)CC2)n1. The number of aliphatic carboxylic acids is 6. The first-order valence-electron chi connectivity index (χ1n) is 28.9. The van der Waals surface area contributed by atoms with Crippen molar-refractivity contribution in [3.05, 3.63) is 41.2 Å². The van der Waals surface area contributed by atoms with Gasteiger partial charge in [-0.2, -0.15) is 15.0 Å². The van der Waals surface area contributed by atoms with Crippen LogP contribution >= 0.6 is 0 Å². The Bertz CT molecular complexity index is 2450. The molecule has 0 spiro atoms. The van der Waals surface area contributed by atoms with Gasteiger partial charge in [-0.3, -0.25) is 43.6 Å². The van der Waals surface area contributed by atoms with Crippen LogP contribution in [0.3, 0.4) is 0 Å². The molecule has 84 heavy (non-hydrogen) atoms. The second-order valence-corrected chi connectivity index (χ2v) is 21.6. The normalized spacial score (nSPS) is 16.8. The van der Waals surface area contributed by atoms with Crippen molar-refractivity contribution in [3.63, 3.8) is 0 Å². The van der Waals surface area contributed by atoms with Gasteiger partial charge in [0.1, 0.15) is 17.9 Å². The number of amides is 4. The first-order valence-corrected chi connectivity index (χ1v) is 28.9. The summed E-state index contributed by atoms with van der Waals surface area (Å²) in [6.45, 7) is 4.03. The molecule has 468 valence electrons. The van der Waals surface area contributed by atoms with Gasteiger partial charge in [0.25, 0.3) is 0 Å². The molecule has 4 rings (SSSR count). The number of unbranched alkanes of at least 4 members (excludes halogenated alkanes) is 8. The van der Waals surface area contributed by atoms with Crippen molar-refractivity contribution in [3.8, 4) is 0 Å². The minimum Gasteiger partial charge on any atom is -0.481 e. The standard InChI is InChI=1S/C55H87N13O16/c1-62(2)52-59-44(34-40-17-15-39(16-18-40)33-41-35-65(37-48(74)75)27-31-67(55(83)84)30-25-64(36-47(72)73)26-32-68(41)38-49(76)77)60-53(61-52)66-28-23-63(24-29-66)22-12-8-6-4-3-5-7-9-14-45(69)56-21-11-10-13-42(50(78)79)57-54(82)58-43(51(80)81)19-20-46(70)71/h15-18,41-43H,3-14,19-38H2,1-2H3,(H,56,69)(H,70,71)(H,72,73)(H,74,75)(H,76,77)(H,78,79)(H,80,81)(H,83,84)(H2,57,58,82)/t41?,42-,43-/m0/s1. The minimum atomic E-state index is -1.49. The Kier molecular flexibility index (Phi) is 30.3. The van der Waals surface area contributed by atoms with E-state index in [1.54, 1.807) is 14.7 Å². The third-order valence-electron chi connectivity index (χ3n) is 14.7. The maximum Gasteiger partial charge on any atom is 0.407 e. The molecule has 29 heteroatoms. The van der Waals surface area contributed by atoms with Gasteiger partial charge in [-0.25, -0.2) is 19.2 Å². The molecule has 1 aromatic heterocycles. The highest BCUT2D eigenvalue weighted by atomic mass is 16.4. The van der Waals surface area contributed by atoms with E-state index < -0.39 is 72.5 Å². The monoisotopic (exact) mass is 1190 g/mol. The van der Waals surface area contributed by atoms with E-state index in [-0.39, 0.29) is 84.2 Å². The number of carbonyl (C=O) groups is 9. The van der Waals surface area contributed by atoms with Crippen LogP contribution in [-0.4, -0.2) is 266 Å². The zero-order valence-corrected chi connectivity index (χ0v) is 48.4. The quantitative estimate of drug-likeness (QED) is 0.0438. The Balaban J connectivity index is 1.17.